The van der Waals surface area contributed by atoms with Gasteiger partial charge in [0.25, 0.3) is 0 Å². The minimum atomic E-state index is -0.391. The van der Waals surface area contributed by atoms with Crippen LogP contribution in [0.5, 0.6) is 0 Å². The van der Waals surface area contributed by atoms with E-state index >= 15 is 0 Å². The SMILES string of the molecule is CCOC(=O)c1ccc(C(=O)OCC)cc1.[H-].[H-].[Mg+2]. The van der Waals surface area contributed by atoms with E-state index in [0.717, 1.165) is 0 Å². The van der Waals surface area contributed by atoms with Crippen LogP contribution in [0.25, 0.3) is 0 Å². The van der Waals surface area contributed by atoms with Crippen LogP contribution in [-0.2, 0) is 9.47 Å². The molecule has 0 saturated heterocycles. The molecule has 0 heterocycles. The van der Waals surface area contributed by atoms with Crippen molar-refractivity contribution in [2.45, 2.75) is 13.8 Å². The van der Waals surface area contributed by atoms with Gasteiger partial charge < -0.3 is 12.3 Å². The smallest absolute Gasteiger partial charge is 1.00 e. The van der Waals surface area contributed by atoms with Gasteiger partial charge in [0.05, 0.1) is 24.3 Å². The summed E-state index contributed by atoms with van der Waals surface area (Å²) < 4.78 is 9.64. The quantitative estimate of drug-likeness (QED) is 0.603. The predicted molar refractivity (Wildman–Crippen MR) is 66.3 cm³/mol. The van der Waals surface area contributed by atoms with Crippen LogP contribution >= 0.6 is 0 Å². The Labute approximate surface area is 119 Å². The van der Waals surface area contributed by atoms with E-state index in [1.54, 1.807) is 38.1 Å². The second-order valence-electron chi connectivity index (χ2n) is 3.02. The fraction of sp³-hybridized carbons (Fsp3) is 0.333. The van der Waals surface area contributed by atoms with Gasteiger partial charge in [-0.15, -0.1) is 0 Å². The van der Waals surface area contributed by atoms with Gasteiger partial charge in [-0.1, -0.05) is 0 Å². The molecule has 5 heteroatoms. The van der Waals surface area contributed by atoms with E-state index in [0.29, 0.717) is 24.3 Å². The van der Waals surface area contributed by atoms with Crippen LogP contribution < -0.4 is 0 Å². The number of rotatable bonds is 4. The van der Waals surface area contributed by atoms with Gasteiger partial charge in [-0.3, -0.25) is 0 Å². The summed E-state index contributed by atoms with van der Waals surface area (Å²) in [5.41, 5.74) is 0.852. The third-order valence-electron chi connectivity index (χ3n) is 1.91. The molecule has 0 aliphatic heterocycles. The maximum Gasteiger partial charge on any atom is 2.00 e. The third-order valence-corrected chi connectivity index (χ3v) is 1.91. The summed E-state index contributed by atoms with van der Waals surface area (Å²) in [5, 5.41) is 0. The number of ether oxygens (including phenoxy) is 2. The summed E-state index contributed by atoms with van der Waals surface area (Å²) in [6.07, 6.45) is 0. The maximum absolute atomic E-state index is 11.3. The molecule has 0 unspecified atom stereocenters. The topological polar surface area (TPSA) is 52.6 Å². The maximum atomic E-state index is 11.3. The normalized spacial score (nSPS) is 9.06. The molecule has 0 spiro atoms. The fourth-order valence-electron chi connectivity index (χ4n) is 1.17. The molecular weight excluding hydrogens is 232 g/mol. The summed E-state index contributed by atoms with van der Waals surface area (Å²) in [6, 6.07) is 6.18. The first-order valence-corrected chi connectivity index (χ1v) is 5.13. The van der Waals surface area contributed by atoms with Gasteiger partial charge in [-0.25, -0.2) is 9.59 Å². The van der Waals surface area contributed by atoms with Crippen LogP contribution in [0.2, 0.25) is 0 Å². The van der Waals surface area contributed by atoms with Gasteiger partial charge >= 0.3 is 35.0 Å². The summed E-state index contributed by atoms with van der Waals surface area (Å²) in [7, 11) is 0. The van der Waals surface area contributed by atoms with E-state index in [1.165, 1.54) is 0 Å². The summed E-state index contributed by atoms with van der Waals surface area (Å²) >= 11 is 0. The molecule has 0 saturated carbocycles. The van der Waals surface area contributed by atoms with Crippen molar-refractivity contribution in [3.05, 3.63) is 35.4 Å². The molecule has 0 aromatic heterocycles. The molecule has 0 bridgehead atoms. The fourth-order valence-corrected chi connectivity index (χ4v) is 1.17. The van der Waals surface area contributed by atoms with E-state index in [-0.39, 0.29) is 25.9 Å². The van der Waals surface area contributed by atoms with E-state index in [2.05, 4.69) is 0 Å². The molecule has 0 N–H and O–H groups in total. The second kappa shape index (κ2) is 8.08. The standard InChI is InChI=1S/C12H14O4.Mg.2H/c1-3-15-11(13)9-5-7-10(8-6-9)12(14)16-4-2;;;/h5-8H,3-4H2,1-2H3;;;/q;+2;2*-1. The first-order chi connectivity index (χ1) is 7.69. The zero-order valence-corrected chi connectivity index (χ0v) is 11.5. The summed E-state index contributed by atoms with van der Waals surface area (Å²) in [6.45, 7) is 4.15. The van der Waals surface area contributed by atoms with Crippen LogP contribution in [0, 0.1) is 0 Å². The monoisotopic (exact) mass is 248 g/mol. The Morgan fingerprint density at radius 1 is 0.941 bits per heavy atom. The Bertz CT molecular complexity index is 345. The van der Waals surface area contributed by atoms with Crippen molar-refractivity contribution in [1.82, 2.24) is 0 Å². The third kappa shape index (κ3) is 4.74. The minimum absolute atomic E-state index is 0. The van der Waals surface area contributed by atoms with E-state index in [9.17, 15) is 9.59 Å². The Balaban J connectivity index is -0.000000853. The van der Waals surface area contributed by atoms with Crippen LogP contribution in [0.15, 0.2) is 24.3 Å². The minimum Gasteiger partial charge on any atom is -1.00 e. The van der Waals surface area contributed by atoms with Crippen LogP contribution in [0.4, 0.5) is 0 Å². The van der Waals surface area contributed by atoms with Crippen LogP contribution in [-0.4, -0.2) is 48.2 Å². The number of hydrogen-bond donors (Lipinski definition) is 0. The molecule has 0 atom stereocenters. The zero-order chi connectivity index (χ0) is 12.0. The van der Waals surface area contributed by atoms with Gasteiger partial charge in [0.1, 0.15) is 0 Å². The Morgan fingerprint density at radius 2 is 1.24 bits per heavy atom. The molecule has 1 aromatic carbocycles. The van der Waals surface area contributed by atoms with Crippen molar-refractivity contribution in [2.24, 2.45) is 0 Å². The van der Waals surface area contributed by atoms with Crippen LogP contribution in [0.3, 0.4) is 0 Å². The molecule has 1 aromatic rings. The van der Waals surface area contributed by atoms with Gasteiger partial charge in [0, 0.05) is 0 Å². The Hall–Kier alpha value is -1.07. The molecule has 0 fully saturated rings. The van der Waals surface area contributed by atoms with Crippen molar-refractivity contribution in [2.75, 3.05) is 13.2 Å². The van der Waals surface area contributed by atoms with Crippen molar-refractivity contribution < 1.29 is 21.9 Å². The molecule has 0 aliphatic rings. The number of carbonyl (C=O) groups excluding carboxylic acids is 2. The van der Waals surface area contributed by atoms with Gasteiger partial charge in [-0.05, 0) is 38.1 Å². The van der Waals surface area contributed by atoms with Crippen LogP contribution in [0.1, 0.15) is 37.4 Å². The Morgan fingerprint density at radius 3 is 1.47 bits per heavy atom. The largest absolute Gasteiger partial charge is 2.00 e. The van der Waals surface area contributed by atoms with Crippen molar-refractivity contribution in [1.29, 1.82) is 0 Å². The summed E-state index contributed by atoms with van der Waals surface area (Å²) in [5.74, 6) is -0.782. The number of esters is 2. The molecule has 4 nitrogen and oxygen atoms in total. The van der Waals surface area contributed by atoms with E-state index < -0.39 is 11.9 Å². The molecular formula is C12H16MgO4. The summed E-state index contributed by atoms with van der Waals surface area (Å²) in [4.78, 5) is 22.6. The van der Waals surface area contributed by atoms with Crippen molar-refractivity contribution in [3.63, 3.8) is 0 Å². The van der Waals surface area contributed by atoms with Crippen molar-refractivity contribution >= 4 is 35.0 Å². The molecule has 0 amide bonds. The van der Waals surface area contributed by atoms with E-state index in [1.807, 2.05) is 0 Å². The molecule has 17 heavy (non-hydrogen) atoms. The number of hydrogen-bond acceptors (Lipinski definition) is 4. The average Bonchev–Trinajstić information content (AvgIpc) is 2.30. The first-order valence-electron chi connectivity index (χ1n) is 5.13. The van der Waals surface area contributed by atoms with Crippen molar-refractivity contribution in [3.8, 4) is 0 Å². The number of carbonyl (C=O) groups is 2. The average molecular weight is 249 g/mol. The predicted octanol–water partition coefficient (Wildman–Crippen LogP) is 1.88. The van der Waals surface area contributed by atoms with Gasteiger partial charge in [0.15, 0.2) is 0 Å². The number of benzene rings is 1. The molecule has 1 rings (SSSR count). The second-order valence-corrected chi connectivity index (χ2v) is 3.02. The first kappa shape index (κ1) is 15.9. The molecule has 0 radical (unpaired) electrons. The molecule has 90 valence electrons. The van der Waals surface area contributed by atoms with Gasteiger partial charge in [0.2, 0.25) is 0 Å². The molecule has 0 aliphatic carbocycles. The van der Waals surface area contributed by atoms with Gasteiger partial charge in [-0.2, -0.15) is 0 Å². The zero-order valence-electron chi connectivity index (χ0n) is 12.1. The Kier molecular flexibility index (Phi) is 7.57. The van der Waals surface area contributed by atoms with E-state index in [4.69, 9.17) is 9.47 Å².